The number of aliphatic imine (C=N–C) groups is 1. The van der Waals surface area contributed by atoms with E-state index in [0.717, 1.165) is 83.5 Å². The highest BCUT2D eigenvalue weighted by Crippen LogP contribution is 2.15. The number of unbranched alkanes of at least 4 members (excludes halogenated alkanes) is 14. The molecule has 0 aromatic carbocycles. The lowest BCUT2D eigenvalue weighted by atomic mass is 10.1. The predicted octanol–water partition coefficient (Wildman–Crippen LogP) is 7.89. The van der Waals surface area contributed by atoms with Gasteiger partial charge in [-0.2, -0.15) is 0 Å². The summed E-state index contributed by atoms with van der Waals surface area (Å²) in [6.45, 7) is 10.2. The van der Waals surface area contributed by atoms with Gasteiger partial charge in [0.15, 0.2) is 0 Å². The number of rotatable bonds is 30. The summed E-state index contributed by atoms with van der Waals surface area (Å²) in [5.41, 5.74) is 11.0. The van der Waals surface area contributed by atoms with E-state index in [2.05, 4.69) is 30.7 Å². The Labute approximate surface area is 257 Å². The number of amidine groups is 1. The topological polar surface area (TPSA) is 137 Å². The second-order valence-electron chi connectivity index (χ2n) is 11.7. The van der Waals surface area contributed by atoms with Crippen molar-refractivity contribution < 1.29 is 14.5 Å². The molecule has 9 nitrogen and oxygen atoms in total. The highest BCUT2D eigenvalue weighted by atomic mass is 16.6. The SMILES string of the molecule is CCCCCCCCC(CC)OC(=O)CCCCCCCN(CCCCCCCC)CCCN=C(N)/C=C(\N)[N+](=O)[O-]. The van der Waals surface area contributed by atoms with Crippen molar-refractivity contribution in [3.8, 4) is 0 Å². The average Bonchev–Trinajstić information content (AvgIpc) is 2.96. The number of nitro groups is 1. The maximum Gasteiger partial charge on any atom is 0.317 e. The molecule has 0 amide bonds. The van der Waals surface area contributed by atoms with Crippen molar-refractivity contribution in [2.24, 2.45) is 16.5 Å². The summed E-state index contributed by atoms with van der Waals surface area (Å²) < 4.78 is 5.74. The third-order valence-corrected chi connectivity index (χ3v) is 7.75. The number of hydrogen-bond acceptors (Lipinski definition) is 7. The van der Waals surface area contributed by atoms with Gasteiger partial charge >= 0.3 is 11.8 Å². The van der Waals surface area contributed by atoms with Crippen LogP contribution in [0, 0.1) is 10.1 Å². The second kappa shape index (κ2) is 28.9. The van der Waals surface area contributed by atoms with Gasteiger partial charge in [-0.25, -0.2) is 0 Å². The van der Waals surface area contributed by atoms with E-state index >= 15 is 0 Å². The molecule has 0 saturated carbocycles. The molecule has 0 aliphatic rings. The van der Waals surface area contributed by atoms with Crippen LogP contribution in [0.3, 0.4) is 0 Å². The Hall–Kier alpha value is -2.16. The summed E-state index contributed by atoms with van der Waals surface area (Å²) >= 11 is 0. The van der Waals surface area contributed by atoms with Crippen molar-refractivity contribution in [2.45, 2.75) is 162 Å². The molecule has 9 heteroatoms. The quantitative estimate of drug-likeness (QED) is 0.0215. The van der Waals surface area contributed by atoms with Crippen molar-refractivity contribution in [3.05, 3.63) is 22.0 Å². The molecule has 0 saturated heterocycles. The molecule has 0 aliphatic heterocycles. The third-order valence-electron chi connectivity index (χ3n) is 7.75. The van der Waals surface area contributed by atoms with Crippen molar-refractivity contribution in [3.63, 3.8) is 0 Å². The number of carbonyl (C=O) groups excluding carboxylic acids is 1. The van der Waals surface area contributed by atoms with Crippen LogP contribution >= 0.6 is 0 Å². The molecule has 246 valence electrons. The first kappa shape index (κ1) is 39.8. The van der Waals surface area contributed by atoms with E-state index in [9.17, 15) is 14.9 Å². The Morgan fingerprint density at radius 2 is 1.29 bits per heavy atom. The van der Waals surface area contributed by atoms with Gasteiger partial charge in [0, 0.05) is 13.0 Å². The van der Waals surface area contributed by atoms with Gasteiger partial charge in [0.05, 0.1) is 6.08 Å². The van der Waals surface area contributed by atoms with Gasteiger partial charge in [0.25, 0.3) is 0 Å². The minimum Gasteiger partial charge on any atom is -0.462 e. The first-order valence-electron chi connectivity index (χ1n) is 17.2. The summed E-state index contributed by atoms with van der Waals surface area (Å²) in [5.74, 6) is -0.428. The average molecular weight is 596 g/mol. The zero-order chi connectivity index (χ0) is 31.3. The highest BCUT2D eigenvalue weighted by Gasteiger charge is 2.12. The van der Waals surface area contributed by atoms with E-state index in [0.29, 0.717) is 13.0 Å². The lowest BCUT2D eigenvalue weighted by Gasteiger charge is -2.22. The number of hydrogen-bond donors (Lipinski definition) is 2. The van der Waals surface area contributed by atoms with Crippen LogP contribution in [0.2, 0.25) is 0 Å². The van der Waals surface area contributed by atoms with Crippen LogP contribution in [0.15, 0.2) is 16.9 Å². The van der Waals surface area contributed by atoms with Crippen LogP contribution in [-0.2, 0) is 9.53 Å². The van der Waals surface area contributed by atoms with Crippen molar-refractivity contribution in [2.75, 3.05) is 26.2 Å². The molecule has 0 spiro atoms. The van der Waals surface area contributed by atoms with E-state index in [1.54, 1.807) is 0 Å². The Balaban J connectivity index is 4.24. The zero-order valence-electron chi connectivity index (χ0n) is 27.5. The normalized spacial score (nSPS) is 13.0. The van der Waals surface area contributed by atoms with Crippen molar-refractivity contribution in [1.82, 2.24) is 4.90 Å². The summed E-state index contributed by atoms with van der Waals surface area (Å²) in [6.07, 6.45) is 25.1. The standard InChI is InChI=1S/C33H65N5O4/c1-4-7-9-11-14-18-23-30(6-3)42-33(39)24-19-15-13-17-21-27-37(26-20-16-12-10-8-5-2)28-22-25-36-31(34)29-32(35)38(40)41/h29-30H,4-28,35H2,1-3H3,(H2,34,36)/b32-29+. The Bertz CT molecular complexity index is 729. The van der Waals surface area contributed by atoms with Gasteiger partial charge in [-0.1, -0.05) is 104 Å². The molecule has 0 aromatic rings. The van der Waals surface area contributed by atoms with Crippen molar-refractivity contribution in [1.29, 1.82) is 0 Å². The lowest BCUT2D eigenvalue weighted by Crippen LogP contribution is -2.28. The van der Waals surface area contributed by atoms with Gasteiger partial charge in [-0.3, -0.25) is 15.5 Å². The number of nitrogens with zero attached hydrogens (tertiary/aromatic N) is 3. The summed E-state index contributed by atoms with van der Waals surface area (Å²) in [7, 11) is 0. The fraction of sp³-hybridized carbons (Fsp3) is 0.879. The molecule has 0 aromatic heterocycles. The number of esters is 1. The molecule has 0 heterocycles. The summed E-state index contributed by atoms with van der Waals surface area (Å²) in [5, 5.41) is 10.6. The Morgan fingerprint density at radius 1 is 0.786 bits per heavy atom. The maximum atomic E-state index is 12.3. The molecule has 0 rings (SSSR count). The maximum absolute atomic E-state index is 12.3. The van der Waals surface area contributed by atoms with Crippen LogP contribution in [0.1, 0.15) is 156 Å². The predicted molar refractivity (Wildman–Crippen MR) is 176 cm³/mol. The summed E-state index contributed by atoms with van der Waals surface area (Å²) in [4.78, 5) is 29.0. The molecular formula is C33H65N5O4. The van der Waals surface area contributed by atoms with Crippen LogP contribution in [-0.4, -0.2) is 53.9 Å². The first-order valence-corrected chi connectivity index (χ1v) is 17.2. The van der Waals surface area contributed by atoms with Gasteiger partial charge in [-0.15, -0.1) is 0 Å². The minimum absolute atomic E-state index is 0.0298. The van der Waals surface area contributed by atoms with E-state index in [4.69, 9.17) is 16.2 Å². The van der Waals surface area contributed by atoms with Crippen LogP contribution in [0.25, 0.3) is 0 Å². The van der Waals surface area contributed by atoms with E-state index in [1.165, 1.54) is 70.6 Å². The van der Waals surface area contributed by atoms with Crippen LogP contribution < -0.4 is 11.5 Å². The molecule has 0 bridgehead atoms. The Morgan fingerprint density at radius 3 is 1.83 bits per heavy atom. The molecule has 1 atom stereocenters. The van der Waals surface area contributed by atoms with Gasteiger partial charge in [-0.05, 0) is 69.5 Å². The highest BCUT2D eigenvalue weighted by molar-refractivity contribution is 5.91. The van der Waals surface area contributed by atoms with Gasteiger partial charge in [0.2, 0.25) is 0 Å². The van der Waals surface area contributed by atoms with Crippen LogP contribution in [0.5, 0.6) is 0 Å². The fourth-order valence-electron chi connectivity index (χ4n) is 5.08. The zero-order valence-corrected chi connectivity index (χ0v) is 27.5. The largest absolute Gasteiger partial charge is 0.462 e. The Kier molecular flexibility index (Phi) is 27.4. The van der Waals surface area contributed by atoms with E-state index in [-0.39, 0.29) is 17.9 Å². The smallest absolute Gasteiger partial charge is 0.317 e. The fourth-order valence-corrected chi connectivity index (χ4v) is 5.08. The molecule has 0 fully saturated rings. The first-order chi connectivity index (χ1) is 20.3. The van der Waals surface area contributed by atoms with E-state index < -0.39 is 10.7 Å². The second-order valence-corrected chi connectivity index (χ2v) is 11.7. The monoisotopic (exact) mass is 596 g/mol. The number of ether oxygens (including phenoxy) is 1. The third kappa shape index (κ3) is 25.5. The number of carbonyl (C=O) groups is 1. The van der Waals surface area contributed by atoms with Crippen LogP contribution in [0.4, 0.5) is 0 Å². The molecule has 42 heavy (non-hydrogen) atoms. The van der Waals surface area contributed by atoms with Gasteiger partial charge in [0.1, 0.15) is 11.9 Å². The molecule has 1 unspecified atom stereocenters. The minimum atomic E-state index is -0.671. The summed E-state index contributed by atoms with van der Waals surface area (Å²) in [6, 6.07) is 0. The van der Waals surface area contributed by atoms with Crippen molar-refractivity contribution >= 4 is 11.8 Å². The number of nitrogens with two attached hydrogens (primary N) is 2. The molecule has 0 radical (unpaired) electrons. The van der Waals surface area contributed by atoms with Gasteiger partial charge < -0.3 is 25.5 Å². The lowest BCUT2D eigenvalue weighted by molar-refractivity contribution is -0.426. The molecular weight excluding hydrogens is 530 g/mol. The molecule has 4 N–H and O–H groups in total. The molecule has 0 aliphatic carbocycles. The van der Waals surface area contributed by atoms with E-state index in [1.807, 2.05) is 0 Å².